The summed E-state index contributed by atoms with van der Waals surface area (Å²) in [6.07, 6.45) is 1.81. The van der Waals surface area contributed by atoms with Crippen LogP contribution in [-0.4, -0.2) is 53.8 Å². The molecular formula is C36H40N6O3. The van der Waals surface area contributed by atoms with Gasteiger partial charge in [-0.05, 0) is 93.5 Å². The van der Waals surface area contributed by atoms with Crippen LogP contribution in [0.4, 0.5) is 22.7 Å². The third kappa shape index (κ3) is 6.99. The molecule has 0 aliphatic carbocycles. The van der Waals surface area contributed by atoms with Crippen molar-refractivity contribution in [1.82, 2.24) is 15.2 Å². The van der Waals surface area contributed by atoms with Crippen molar-refractivity contribution in [3.8, 4) is 0 Å². The molecule has 0 saturated carbocycles. The molecule has 1 aromatic heterocycles. The molecule has 0 spiro atoms. The van der Waals surface area contributed by atoms with Crippen molar-refractivity contribution in [1.29, 1.82) is 0 Å². The lowest BCUT2D eigenvalue weighted by atomic mass is 10.0. The lowest BCUT2D eigenvalue weighted by Crippen LogP contribution is -2.35. The number of rotatable bonds is 11. The van der Waals surface area contributed by atoms with Crippen LogP contribution in [0.5, 0.6) is 0 Å². The Hall–Kier alpha value is -5.15. The van der Waals surface area contributed by atoms with Gasteiger partial charge in [-0.2, -0.15) is 0 Å². The normalized spacial score (nSPS) is 13.1. The fraction of sp³-hybridized carbons (Fsp3) is 0.250. The van der Waals surface area contributed by atoms with Gasteiger partial charge in [-0.15, -0.1) is 0 Å². The number of anilines is 4. The number of hydrogen-bond acceptors (Lipinski definition) is 5. The molecule has 1 aliphatic rings. The minimum Gasteiger partial charge on any atom is -0.358 e. The molecular weight excluding hydrogens is 564 g/mol. The van der Waals surface area contributed by atoms with Gasteiger partial charge in [0.05, 0.1) is 11.1 Å². The highest BCUT2D eigenvalue weighted by Gasteiger charge is 2.26. The van der Waals surface area contributed by atoms with E-state index in [-0.39, 0.29) is 17.7 Å². The molecule has 3 amide bonds. The summed E-state index contributed by atoms with van der Waals surface area (Å²) < 4.78 is 0. The second kappa shape index (κ2) is 13.7. The Bertz CT molecular complexity index is 1770. The Morgan fingerprint density at radius 3 is 2.36 bits per heavy atom. The predicted molar refractivity (Wildman–Crippen MR) is 182 cm³/mol. The van der Waals surface area contributed by atoms with Gasteiger partial charge in [0.25, 0.3) is 17.7 Å². The third-order valence-electron chi connectivity index (χ3n) is 8.21. The van der Waals surface area contributed by atoms with Gasteiger partial charge in [0, 0.05) is 58.4 Å². The second-order valence-electron chi connectivity index (χ2n) is 11.2. The molecule has 9 heteroatoms. The number of aryl methyl sites for hydroxylation is 2. The van der Waals surface area contributed by atoms with Gasteiger partial charge in [0.2, 0.25) is 0 Å². The van der Waals surface area contributed by atoms with E-state index in [1.54, 1.807) is 12.1 Å². The number of fused-ring (bicyclic) bond motifs is 1. The number of H-pyrrole nitrogens is 1. The van der Waals surface area contributed by atoms with Gasteiger partial charge < -0.3 is 31.2 Å². The van der Waals surface area contributed by atoms with Crippen LogP contribution in [0.3, 0.4) is 0 Å². The highest BCUT2D eigenvalue weighted by atomic mass is 16.2. The number of nitrogens with one attached hydrogen (secondary N) is 5. The summed E-state index contributed by atoms with van der Waals surface area (Å²) in [5, 5.41) is 12.4. The van der Waals surface area contributed by atoms with Crippen LogP contribution in [0.2, 0.25) is 0 Å². The van der Waals surface area contributed by atoms with Crippen LogP contribution in [0.25, 0.3) is 11.6 Å². The summed E-state index contributed by atoms with van der Waals surface area (Å²) in [7, 11) is 0. The number of nitrogens with zero attached hydrogens (tertiary/aromatic N) is 1. The zero-order valence-corrected chi connectivity index (χ0v) is 26.4. The quantitative estimate of drug-likeness (QED) is 0.125. The van der Waals surface area contributed by atoms with Crippen molar-refractivity contribution in [2.75, 3.05) is 42.1 Å². The molecule has 0 unspecified atom stereocenters. The Labute approximate surface area is 264 Å². The molecule has 2 heterocycles. The molecule has 5 N–H and O–H groups in total. The molecule has 9 nitrogen and oxygen atoms in total. The maximum atomic E-state index is 13.1. The Balaban J connectivity index is 1.35. The average molecular weight is 605 g/mol. The smallest absolute Gasteiger partial charge is 0.256 e. The number of amides is 3. The van der Waals surface area contributed by atoms with E-state index in [1.807, 2.05) is 81.4 Å². The van der Waals surface area contributed by atoms with Crippen molar-refractivity contribution in [3.05, 3.63) is 106 Å². The summed E-state index contributed by atoms with van der Waals surface area (Å²) in [4.78, 5) is 44.4. The van der Waals surface area contributed by atoms with Gasteiger partial charge in [-0.25, -0.2) is 0 Å². The van der Waals surface area contributed by atoms with Gasteiger partial charge in [-0.3, -0.25) is 14.4 Å². The second-order valence-corrected chi connectivity index (χ2v) is 11.2. The van der Waals surface area contributed by atoms with Crippen LogP contribution < -0.4 is 21.3 Å². The minimum atomic E-state index is -0.208. The molecule has 45 heavy (non-hydrogen) atoms. The Morgan fingerprint density at radius 1 is 0.889 bits per heavy atom. The fourth-order valence-electron chi connectivity index (χ4n) is 5.55. The van der Waals surface area contributed by atoms with Gasteiger partial charge in [0.1, 0.15) is 0 Å². The Morgan fingerprint density at radius 2 is 1.62 bits per heavy atom. The molecule has 0 saturated heterocycles. The average Bonchev–Trinajstić information content (AvgIpc) is 3.50. The number of hydrogen-bond donors (Lipinski definition) is 5. The molecule has 3 aromatic carbocycles. The van der Waals surface area contributed by atoms with E-state index in [2.05, 4.69) is 45.0 Å². The lowest BCUT2D eigenvalue weighted by molar-refractivity contribution is -0.110. The van der Waals surface area contributed by atoms with Gasteiger partial charge >= 0.3 is 0 Å². The van der Waals surface area contributed by atoms with Crippen LogP contribution in [0.15, 0.2) is 66.7 Å². The first-order valence-corrected chi connectivity index (χ1v) is 15.3. The molecule has 5 rings (SSSR count). The topological polar surface area (TPSA) is 118 Å². The number of carbonyl (C=O) groups is 3. The van der Waals surface area contributed by atoms with Crippen LogP contribution in [0, 0.1) is 20.8 Å². The molecule has 0 radical (unpaired) electrons. The van der Waals surface area contributed by atoms with E-state index in [9.17, 15) is 14.4 Å². The predicted octanol–water partition coefficient (Wildman–Crippen LogP) is 6.50. The van der Waals surface area contributed by atoms with E-state index in [0.717, 1.165) is 59.1 Å². The van der Waals surface area contributed by atoms with Crippen molar-refractivity contribution in [3.63, 3.8) is 0 Å². The van der Waals surface area contributed by atoms with Gasteiger partial charge in [0.15, 0.2) is 0 Å². The SMILES string of the molecule is CCN(CC)CCNC(=O)c1c(C)[nH]c(C=C2C(=O)Nc3ccc(Nc4cc(NC(=O)c5ccccc5)ccc4C)cc32)c1C. The standard InChI is InChI=1S/C36H40N6O3/c1-6-42(7-2)18-17-37-36(45)33-23(4)32(38-24(33)5)21-29-28-19-26(15-16-30(28)41-35(29)44)39-31-20-27(14-13-22(31)3)40-34(43)25-11-9-8-10-12-25/h8-16,19-21,38-39H,6-7,17-18H2,1-5H3,(H,37,45)(H,40,43)(H,41,44). The number of carbonyl (C=O) groups excluding carboxylic acids is 3. The summed E-state index contributed by atoms with van der Waals surface area (Å²) in [5.41, 5.74) is 8.71. The van der Waals surface area contributed by atoms with E-state index in [4.69, 9.17) is 0 Å². The zero-order chi connectivity index (χ0) is 32.1. The fourth-order valence-corrected chi connectivity index (χ4v) is 5.55. The third-order valence-corrected chi connectivity index (χ3v) is 8.21. The minimum absolute atomic E-state index is 0.127. The molecule has 232 valence electrons. The van der Waals surface area contributed by atoms with Crippen LogP contribution >= 0.6 is 0 Å². The van der Waals surface area contributed by atoms with E-state index >= 15 is 0 Å². The largest absolute Gasteiger partial charge is 0.358 e. The first-order chi connectivity index (χ1) is 21.7. The van der Waals surface area contributed by atoms with Crippen molar-refractivity contribution < 1.29 is 14.4 Å². The number of benzene rings is 3. The molecule has 1 aliphatic heterocycles. The summed E-state index contributed by atoms with van der Waals surface area (Å²) in [6, 6.07) is 20.5. The maximum Gasteiger partial charge on any atom is 0.256 e. The number of likely N-dealkylation sites (N-methyl/N-ethyl adjacent to an activating group) is 1. The maximum absolute atomic E-state index is 13.1. The zero-order valence-electron chi connectivity index (χ0n) is 26.4. The van der Waals surface area contributed by atoms with Crippen LogP contribution in [-0.2, 0) is 4.79 Å². The van der Waals surface area contributed by atoms with E-state index < -0.39 is 0 Å². The Kier molecular flexibility index (Phi) is 9.49. The van der Waals surface area contributed by atoms with E-state index in [0.29, 0.717) is 34.6 Å². The molecule has 4 aromatic rings. The molecule has 0 atom stereocenters. The highest BCUT2D eigenvalue weighted by molar-refractivity contribution is 6.35. The summed E-state index contributed by atoms with van der Waals surface area (Å²) >= 11 is 0. The lowest BCUT2D eigenvalue weighted by Gasteiger charge is -2.18. The van der Waals surface area contributed by atoms with Gasteiger partial charge in [-0.1, -0.05) is 38.1 Å². The van der Waals surface area contributed by atoms with E-state index in [1.165, 1.54) is 0 Å². The summed E-state index contributed by atoms with van der Waals surface area (Å²) in [5.74, 6) is -0.517. The summed E-state index contributed by atoms with van der Waals surface area (Å²) in [6.45, 7) is 13.2. The number of aromatic amines is 1. The van der Waals surface area contributed by atoms with Crippen molar-refractivity contribution in [2.45, 2.75) is 34.6 Å². The highest BCUT2D eigenvalue weighted by Crippen LogP contribution is 2.37. The first-order valence-electron chi connectivity index (χ1n) is 15.3. The van der Waals surface area contributed by atoms with Crippen LogP contribution in [0.1, 0.15) is 62.6 Å². The van der Waals surface area contributed by atoms with Crippen molar-refractivity contribution in [2.24, 2.45) is 0 Å². The molecule has 0 bridgehead atoms. The van der Waals surface area contributed by atoms with Crippen molar-refractivity contribution >= 4 is 52.1 Å². The number of aromatic nitrogens is 1. The first kappa shape index (κ1) is 31.3. The monoisotopic (exact) mass is 604 g/mol. The molecule has 0 fully saturated rings.